The number of esters is 1. The van der Waals surface area contributed by atoms with Crippen molar-refractivity contribution in [2.24, 2.45) is 7.05 Å². The third-order valence-corrected chi connectivity index (χ3v) is 3.44. The van der Waals surface area contributed by atoms with E-state index in [1.807, 2.05) is 24.6 Å². The smallest absolute Gasteiger partial charge is 0.308 e. The van der Waals surface area contributed by atoms with Gasteiger partial charge in [-0.2, -0.15) is 0 Å². The largest absolute Gasteiger partial charge is 0.481 e. The van der Waals surface area contributed by atoms with Gasteiger partial charge in [0.05, 0.1) is 0 Å². The molecule has 0 saturated heterocycles. The average molecular weight is 275 g/mol. The number of fused-ring (bicyclic) bond motifs is 1. The second-order valence-corrected chi connectivity index (χ2v) is 4.79. The fourth-order valence-electron chi connectivity index (χ4n) is 2.40. The Bertz CT molecular complexity index is 685. The molecule has 0 spiro atoms. The van der Waals surface area contributed by atoms with Crippen LogP contribution >= 0.6 is 0 Å². The van der Waals surface area contributed by atoms with Crippen molar-refractivity contribution in [3.05, 3.63) is 29.5 Å². The van der Waals surface area contributed by atoms with E-state index in [0.717, 1.165) is 22.2 Å². The fourth-order valence-corrected chi connectivity index (χ4v) is 2.40. The Hall–Kier alpha value is -2.30. The predicted octanol–water partition coefficient (Wildman–Crippen LogP) is 2.43. The molecule has 0 aliphatic rings. The first-order chi connectivity index (χ1) is 9.40. The Morgan fingerprint density at radius 3 is 2.65 bits per heavy atom. The topological polar surface area (TPSA) is 68.5 Å². The summed E-state index contributed by atoms with van der Waals surface area (Å²) in [6, 6.07) is 5.41. The van der Waals surface area contributed by atoms with Crippen LogP contribution in [0.4, 0.5) is 0 Å². The third-order valence-electron chi connectivity index (χ3n) is 3.44. The fraction of sp³-hybridized carbons (Fsp3) is 0.333. The molecule has 0 aliphatic carbocycles. The number of ether oxygens (including phenoxy) is 1. The second kappa shape index (κ2) is 5.36. The monoisotopic (exact) mass is 275 g/mol. The lowest BCUT2D eigenvalue weighted by atomic mass is 10.1. The molecule has 1 aromatic carbocycles. The van der Waals surface area contributed by atoms with E-state index in [4.69, 9.17) is 9.84 Å². The summed E-state index contributed by atoms with van der Waals surface area (Å²) in [7, 11) is 1.94. The van der Waals surface area contributed by atoms with Gasteiger partial charge in [0.25, 0.3) is 0 Å². The summed E-state index contributed by atoms with van der Waals surface area (Å²) in [4.78, 5) is 21.8. The van der Waals surface area contributed by atoms with E-state index in [1.54, 1.807) is 12.1 Å². The molecule has 0 fully saturated rings. The van der Waals surface area contributed by atoms with Crippen LogP contribution in [0, 0.1) is 6.92 Å². The quantitative estimate of drug-likeness (QED) is 0.687. The highest BCUT2D eigenvalue weighted by atomic mass is 16.5. The van der Waals surface area contributed by atoms with Crippen molar-refractivity contribution < 1.29 is 19.4 Å². The van der Waals surface area contributed by atoms with Crippen LogP contribution in [0.5, 0.6) is 5.75 Å². The van der Waals surface area contributed by atoms with Crippen LogP contribution in [-0.4, -0.2) is 21.6 Å². The number of carbonyl (C=O) groups excluding carboxylic acids is 1. The maximum Gasteiger partial charge on any atom is 0.308 e. The first-order valence-electron chi connectivity index (χ1n) is 6.38. The van der Waals surface area contributed by atoms with Gasteiger partial charge < -0.3 is 14.4 Å². The Morgan fingerprint density at radius 1 is 1.35 bits per heavy atom. The zero-order valence-corrected chi connectivity index (χ0v) is 11.8. The summed E-state index contributed by atoms with van der Waals surface area (Å²) in [6.45, 7) is 3.31. The molecular formula is C15H17NO4. The standard InChI is InChI=1S/C15H17NO4/c1-9-12(5-7-15(18)19)13-8-11(20-10(2)17)4-6-14(13)16(9)3/h4,6,8H,5,7H2,1-3H3,(H,18,19). The van der Waals surface area contributed by atoms with Gasteiger partial charge in [-0.1, -0.05) is 0 Å². The first kappa shape index (κ1) is 14.1. The molecule has 20 heavy (non-hydrogen) atoms. The van der Waals surface area contributed by atoms with Crippen LogP contribution in [-0.2, 0) is 23.1 Å². The Morgan fingerprint density at radius 2 is 2.05 bits per heavy atom. The number of hydrogen-bond acceptors (Lipinski definition) is 3. The first-order valence-corrected chi connectivity index (χ1v) is 6.38. The minimum absolute atomic E-state index is 0.0811. The number of hydrogen-bond donors (Lipinski definition) is 1. The molecule has 0 atom stereocenters. The molecular weight excluding hydrogens is 258 g/mol. The molecule has 0 radical (unpaired) electrons. The number of benzene rings is 1. The van der Waals surface area contributed by atoms with Gasteiger partial charge in [-0.05, 0) is 37.1 Å². The molecule has 0 saturated carbocycles. The number of carbonyl (C=O) groups is 2. The number of nitrogens with zero attached hydrogens (tertiary/aromatic N) is 1. The average Bonchev–Trinajstić information content (AvgIpc) is 2.59. The summed E-state index contributed by atoms with van der Waals surface area (Å²) in [5.41, 5.74) is 3.01. The molecule has 1 heterocycles. The molecule has 2 rings (SSSR count). The number of aromatic nitrogens is 1. The maximum atomic E-state index is 11.0. The summed E-state index contributed by atoms with van der Waals surface area (Å²) in [5.74, 6) is -0.714. The molecule has 0 aliphatic heterocycles. The molecule has 0 bridgehead atoms. The summed E-state index contributed by atoms with van der Waals surface area (Å²) >= 11 is 0. The summed E-state index contributed by atoms with van der Waals surface area (Å²) in [6.07, 6.45) is 0.541. The van der Waals surface area contributed by atoms with Crippen LogP contribution in [0.2, 0.25) is 0 Å². The minimum atomic E-state index is -0.822. The van der Waals surface area contributed by atoms with Gasteiger partial charge in [-0.3, -0.25) is 9.59 Å². The van der Waals surface area contributed by atoms with Crippen molar-refractivity contribution in [3.8, 4) is 5.75 Å². The number of aryl methyl sites for hydroxylation is 2. The molecule has 2 aromatic rings. The van der Waals surface area contributed by atoms with Gasteiger partial charge in [0.15, 0.2) is 0 Å². The Labute approximate surface area is 116 Å². The van der Waals surface area contributed by atoms with E-state index in [0.29, 0.717) is 12.2 Å². The molecule has 5 nitrogen and oxygen atoms in total. The van der Waals surface area contributed by atoms with Gasteiger partial charge in [0.1, 0.15) is 5.75 Å². The van der Waals surface area contributed by atoms with Crippen molar-refractivity contribution in [2.45, 2.75) is 26.7 Å². The van der Waals surface area contributed by atoms with Crippen LogP contribution in [0.15, 0.2) is 18.2 Å². The number of carboxylic acid groups (broad SMARTS) is 1. The van der Waals surface area contributed by atoms with Crippen LogP contribution in [0.25, 0.3) is 10.9 Å². The number of aliphatic carboxylic acids is 1. The lowest BCUT2D eigenvalue weighted by Gasteiger charge is -2.03. The van der Waals surface area contributed by atoms with Crippen LogP contribution in [0.3, 0.4) is 0 Å². The molecule has 1 N–H and O–H groups in total. The second-order valence-electron chi connectivity index (χ2n) is 4.79. The van der Waals surface area contributed by atoms with Crippen molar-refractivity contribution in [2.75, 3.05) is 0 Å². The van der Waals surface area contributed by atoms with Crippen LogP contribution < -0.4 is 4.74 Å². The molecule has 0 unspecified atom stereocenters. The van der Waals surface area contributed by atoms with E-state index in [9.17, 15) is 9.59 Å². The van der Waals surface area contributed by atoms with Gasteiger partial charge >= 0.3 is 11.9 Å². The van der Waals surface area contributed by atoms with Crippen molar-refractivity contribution >= 4 is 22.8 Å². The minimum Gasteiger partial charge on any atom is -0.481 e. The molecule has 5 heteroatoms. The van der Waals surface area contributed by atoms with Crippen molar-refractivity contribution in [1.29, 1.82) is 0 Å². The van der Waals surface area contributed by atoms with Crippen LogP contribution in [0.1, 0.15) is 24.6 Å². The van der Waals surface area contributed by atoms with Gasteiger partial charge in [0, 0.05) is 37.0 Å². The van der Waals surface area contributed by atoms with Gasteiger partial charge in [-0.15, -0.1) is 0 Å². The predicted molar refractivity (Wildman–Crippen MR) is 74.9 cm³/mol. The zero-order valence-electron chi connectivity index (χ0n) is 11.8. The zero-order chi connectivity index (χ0) is 14.9. The molecule has 1 aromatic heterocycles. The van der Waals surface area contributed by atoms with E-state index >= 15 is 0 Å². The highest BCUT2D eigenvalue weighted by Gasteiger charge is 2.14. The third kappa shape index (κ3) is 2.66. The summed E-state index contributed by atoms with van der Waals surface area (Å²) in [5, 5.41) is 9.78. The molecule has 0 amide bonds. The van der Waals surface area contributed by atoms with Gasteiger partial charge in [0.2, 0.25) is 0 Å². The Balaban J connectivity index is 2.50. The SMILES string of the molecule is CC(=O)Oc1ccc2c(c1)c(CCC(=O)O)c(C)n2C. The van der Waals surface area contributed by atoms with E-state index < -0.39 is 5.97 Å². The van der Waals surface area contributed by atoms with E-state index in [2.05, 4.69) is 0 Å². The highest BCUT2D eigenvalue weighted by Crippen LogP contribution is 2.29. The lowest BCUT2D eigenvalue weighted by molar-refractivity contribution is -0.137. The van der Waals surface area contributed by atoms with Crippen molar-refractivity contribution in [3.63, 3.8) is 0 Å². The maximum absolute atomic E-state index is 11.0. The van der Waals surface area contributed by atoms with Crippen molar-refractivity contribution in [1.82, 2.24) is 4.57 Å². The lowest BCUT2D eigenvalue weighted by Crippen LogP contribution is -2.01. The summed E-state index contributed by atoms with van der Waals surface area (Å²) < 4.78 is 7.11. The van der Waals surface area contributed by atoms with E-state index in [1.165, 1.54) is 6.92 Å². The Kier molecular flexibility index (Phi) is 3.79. The van der Waals surface area contributed by atoms with Gasteiger partial charge in [-0.25, -0.2) is 0 Å². The molecule has 106 valence electrons. The highest BCUT2D eigenvalue weighted by molar-refractivity contribution is 5.88. The number of carboxylic acids is 1. The normalized spacial score (nSPS) is 10.8. The van der Waals surface area contributed by atoms with E-state index in [-0.39, 0.29) is 12.4 Å². The number of rotatable bonds is 4.